The standard InChI is InChI=1S/C12H21N3S/c1-9(13-3)10-14-15-11(16-10)12(2)7-5-4-6-8-12/h9,13H,4-8H2,1-3H3. The molecule has 0 radical (unpaired) electrons. The summed E-state index contributed by atoms with van der Waals surface area (Å²) >= 11 is 1.79. The van der Waals surface area contributed by atoms with E-state index in [0.29, 0.717) is 11.5 Å². The van der Waals surface area contributed by atoms with Crippen molar-refractivity contribution < 1.29 is 0 Å². The van der Waals surface area contributed by atoms with Crippen LogP contribution in [0, 0.1) is 0 Å². The smallest absolute Gasteiger partial charge is 0.134 e. The van der Waals surface area contributed by atoms with Gasteiger partial charge in [0.15, 0.2) is 0 Å². The summed E-state index contributed by atoms with van der Waals surface area (Å²) in [7, 11) is 1.97. The van der Waals surface area contributed by atoms with E-state index in [1.54, 1.807) is 11.3 Å². The summed E-state index contributed by atoms with van der Waals surface area (Å²) in [6, 6.07) is 0.318. The van der Waals surface area contributed by atoms with E-state index in [1.807, 2.05) is 7.05 Å². The minimum absolute atomic E-state index is 0.293. The average Bonchev–Trinajstić information content (AvgIpc) is 2.79. The maximum atomic E-state index is 4.41. The number of rotatable bonds is 3. The summed E-state index contributed by atoms with van der Waals surface area (Å²) in [5.41, 5.74) is 0.293. The Labute approximate surface area is 102 Å². The molecule has 0 spiro atoms. The van der Waals surface area contributed by atoms with Crippen LogP contribution in [0.5, 0.6) is 0 Å². The van der Waals surface area contributed by atoms with E-state index in [1.165, 1.54) is 37.1 Å². The fourth-order valence-corrected chi connectivity index (χ4v) is 3.43. The van der Waals surface area contributed by atoms with Crippen molar-refractivity contribution in [1.29, 1.82) is 0 Å². The third-order valence-electron chi connectivity index (χ3n) is 3.72. The first kappa shape index (κ1) is 12.0. The van der Waals surface area contributed by atoms with Gasteiger partial charge in [0.25, 0.3) is 0 Å². The van der Waals surface area contributed by atoms with Crippen LogP contribution in [0.3, 0.4) is 0 Å². The maximum absolute atomic E-state index is 4.41. The molecule has 90 valence electrons. The largest absolute Gasteiger partial charge is 0.311 e. The van der Waals surface area contributed by atoms with Crippen molar-refractivity contribution in [3.05, 3.63) is 10.0 Å². The number of hydrogen-bond acceptors (Lipinski definition) is 4. The van der Waals surface area contributed by atoms with Crippen LogP contribution in [0.15, 0.2) is 0 Å². The van der Waals surface area contributed by atoms with E-state index in [2.05, 4.69) is 29.4 Å². The van der Waals surface area contributed by atoms with E-state index >= 15 is 0 Å². The Hall–Kier alpha value is -0.480. The summed E-state index contributed by atoms with van der Waals surface area (Å²) in [5.74, 6) is 0. The number of aromatic nitrogens is 2. The second-order valence-corrected chi connectivity index (χ2v) is 6.09. The van der Waals surface area contributed by atoms with Gasteiger partial charge in [-0.2, -0.15) is 0 Å². The second kappa shape index (κ2) is 4.80. The van der Waals surface area contributed by atoms with Crippen molar-refractivity contribution in [2.45, 2.75) is 57.4 Å². The molecule has 4 heteroatoms. The molecule has 0 amide bonds. The van der Waals surface area contributed by atoms with E-state index in [9.17, 15) is 0 Å². The summed E-state index contributed by atoms with van der Waals surface area (Å²) < 4.78 is 0. The first-order valence-corrected chi connectivity index (χ1v) is 6.98. The highest BCUT2D eigenvalue weighted by Gasteiger charge is 2.32. The molecule has 16 heavy (non-hydrogen) atoms. The van der Waals surface area contributed by atoms with Gasteiger partial charge >= 0.3 is 0 Å². The van der Waals surface area contributed by atoms with Crippen molar-refractivity contribution in [3.8, 4) is 0 Å². The molecule has 1 N–H and O–H groups in total. The summed E-state index contributed by atoms with van der Waals surface area (Å²) in [4.78, 5) is 0. The Kier molecular flexibility index (Phi) is 3.60. The minimum atomic E-state index is 0.293. The van der Waals surface area contributed by atoms with Gasteiger partial charge in [0.2, 0.25) is 0 Å². The Balaban J connectivity index is 2.17. The lowest BCUT2D eigenvalue weighted by Crippen LogP contribution is -2.24. The highest BCUT2D eigenvalue weighted by atomic mass is 32.1. The van der Waals surface area contributed by atoms with Gasteiger partial charge in [0, 0.05) is 5.41 Å². The van der Waals surface area contributed by atoms with E-state index < -0.39 is 0 Å². The molecule has 0 aromatic carbocycles. The second-order valence-electron chi connectivity index (χ2n) is 5.08. The SMILES string of the molecule is CNC(C)c1nnc(C2(C)CCCCC2)s1. The van der Waals surface area contributed by atoms with Gasteiger partial charge in [-0.25, -0.2) is 0 Å². The molecular weight excluding hydrogens is 218 g/mol. The topological polar surface area (TPSA) is 37.8 Å². The number of hydrogen-bond donors (Lipinski definition) is 1. The van der Waals surface area contributed by atoms with Gasteiger partial charge in [0.1, 0.15) is 10.0 Å². The molecule has 2 rings (SSSR count). The minimum Gasteiger partial charge on any atom is -0.311 e. The molecule has 1 heterocycles. The van der Waals surface area contributed by atoms with Crippen LogP contribution in [-0.2, 0) is 5.41 Å². The Bertz CT molecular complexity index is 342. The van der Waals surface area contributed by atoms with Crippen molar-refractivity contribution in [2.75, 3.05) is 7.05 Å². The monoisotopic (exact) mass is 239 g/mol. The fourth-order valence-electron chi connectivity index (χ4n) is 2.32. The zero-order valence-corrected chi connectivity index (χ0v) is 11.2. The molecule has 1 aliphatic carbocycles. The van der Waals surface area contributed by atoms with Gasteiger partial charge in [-0.15, -0.1) is 10.2 Å². The molecule has 0 aliphatic heterocycles. The van der Waals surface area contributed by atoms with Gasteiger partial charge in [0.05, 0.1) is 6.04 Å². The molecule has 0 saturated heterocycles. The van der Waals surface area contributed by atoms with Crippen LogP contribution in [-0.4, -0.2) is 17.2 Å². The molecule has 3 nitrogen and oxygen atoms in total. The van der Waals surface area contributed by atoms with Crippen molar-refractivity contribution in [3.63, 3.8) is 0 Å². The third kappa shape index (κ3) is 2.28. The zero-order valence-electron chi connectivity index (χ0n) is 10.4. The lowest BCUT2D eigenvalue weighted by atomic mass is 9.76. The van der Waals surface area contributed by atoms with Crippen molar-refractivity contribution in [1.82, 2.24) is 15.5 Å². The van der Waals surface area contributed by atoms with Crippen LogP contribution in [0.25, 0.3) is 0 Å². The lowest BCUT2D eigenvalue weighted by molar-refractivity contribution is 0.317. The maximum Gasteiger partial charge on any atom is 0.134 e. The first-order chi connectivity index (χ1) is 7.65. The molecule has 1 unspecified atom stereocenters. The number of nitrogens with one attached hydrogen (secondary N) is 1. The van der Waals surface area contributed by atoms with Crippen LogP contribution in [0.2, 0.25) is 0 Å². The average molecular weight is 239 g/mol. The summed E-state index contributed by atoms with van der Waals surface area (Å²) in [6.07, 6.45) is 6.61. The highest BCUT2D eigenvalue weighted by molar-refractivity contribution is 7.11. The predicted molar refractivity (Wildman–Crippen MR) is 67.8 cm³/mol. The molecule has 1 fully saturated rings. The molecule has 1 aromatic heterocycles. The fraction of sp³-hybridized carbons (Fsp3) is 0.833. The van der Waals surface area contributed by atoms with Crippen molar-refractivity contribution >= 4 is 11.3 Å². The van der Waals surface area contributed by atoms with E-state index in [4.69, 9.17) is 0 Å². The summed E-state index contributed by atoms with van der Waals surface area (Å²) in [6.45, 7) is 4.48. The molecular formula is C12H21N3S. The van der Waals surface area contributed by atoms with Gasteiger partial charge in [-0.1, -0.05) is 37.5 Å². The van der Waals surface area contributed by atoms with Crippen LogP contribution in [0.1, 0.15) is 62.0 Å². The highest BCUT2D eigenvalue weighted by Crippen LogP contribution is 2.40. The summed E-state index contributed by atoms with van der Waals surface area (Å²) in [5, 5.41) is 14.3. The van der Waals surface area contributed by atoms with Crippen molar-refractivity contribution in [2.24, 2.45) is 0 Å². The van der Waals surface area contributed by atoms with Crippen LogP contribution < -0.4 is 5.32 Å². The normalized spacial score (nSPS) is 21.9. The zero-order chi connectivity index (χ0) is 11.6. The predicted octanol–water partition coefficient (Wildman–Crippen LogP) is 3.04. The lowest BCUT2D eigenvalue weighted by Gasteiger charge is -2.30. The van der Waals surface area contributed by atoms with Gasteiger partial charge in [-0.3, -0.25) is 0 Å². The van der Waals surface area contributed by atoms with Crippen LogP contribution >= 0.6 is 11.3 Å². The van der Waals surface area contributed by atoms with Gasteiger partial charge in [-0.05, 0) is 26.8 Å². The molecule has 1 atom stereocenters. The number of nitrogens with zero attached hydrogens (tertiary/aromatic N) is 2. The Morgan fingerprint density at radius 3 is 2.56 bits per heavy atom. The molecule has 1 aliphatic rings. The third-order valence-corrected chi connectivity index (χ3v) is 5.13. The molecule has 1 saturated carbocycles. The quantitative estimate of drug-likeness (QED) is 0.881. The first-order valence-electron chi connectivity index (χ1n) is 6.17. The van der Waals surface area contributed by atoms with E-state index in [0.717, 1.165) is 5.01 Å². The molecule has 1 aromatic rings. The molecule has 0 bridgehead atoms. The van der Waals surface area contributed by atoms with Crippen LogP contribution in [0.4, 0.5) is 0 Å². The Morgan fingerprint density at radius 2 is 1.94 bits per heavy atom. The Morgan fingerprint density at radius 1 is 1.25 bits per heavy atom. The van der Waals surface area contributed by atoms with E-state index in [-0.39, 0.29) is 0 Å². The van der Waals surface area contributed by atoms with Gasteiger partial charge < -0.3 is 5.32 Å².